The lowest BCUT2D eigenvalue weighted by atomic mass is 9.65. The summed E-state index contributed by atoms with van der Waals surface area (Å²) in [7, 11) is 3.41. The maximum Gasteiger partial charge on any atom is 0.331 e. The van der Waals surface area contributed by atoms with Gasteiger partial charge < -0.3 is 43.6 Å². The summed E-state index contributed by atoms with van der Waals surface area (Å²) in [5.41, 5.74) is 1.50. The van der Waals surface area contributed by atoms with Gasteiger partial charge in [-0.2, -0.15) is 0 Å². The van der Waals surface area contributed by atoms with E-state index in [2.05, 4.69) is 37.9 Å². The Labute approximate surface area is 258 Å². The van der Waals surface area contributed by atoms with E-state index in [0.717, 1.165) is 6.42 Å². The maximum absolute atomic E-state index is 13.2. The lowest BCUT2D eigenvalue weighted by Crippen LogP contribution is -2.54. The molecule has 1 aromatic heterocycles. The Morgan fingerprint density at radius 1 is 1.25 bits per heavy atom. The summed E-state index contributed by atoms with van der Waals surface area (Å²) in [4.78, 5) is 17.4. The van der Waals surface area contributed by atoms with Gasteiger partial charge in [0.25, 0.3) is 0 Å². The van der Waals surface area contributed by atoms with Crippen LogP contribution in [0.4, 0.5) is 0 Å². The van der Waals surface area contributed by atoms with Crippen molar-refractivity contribution in [3.8, 4) is 0 Å². The minimum Gasteiger partial charge on any atom is -0.456 e. The minimum atomic E-state index is -1.43. The molecule has 0 radical (unpaired) electrons. The molecule has 2 bridgehead atoms. The Morgan fingerprint density at radius 2 is 2.02 bits per heavy atom. The molecule has 0 spiro atoms. The van der Waals surface area contributed by atoms with E-state index in [1.54, 1.807) is 24.1 Å². The predicted octanol–water partition coefficient (Wildman–Crippen LogP) is 2.67. The molecule has 0 aromatic carbocycles. The molecule has 44 heavy (non-hydrogen) atoms. The summed E-state index contributed by atoms with van der Waals surface area (Å²) >= 11 is 0. The van der Waals surface area contributed by atoms with Crippen molar-refractivity contribution in [1.82, 2.24) is 9.55 Å². The number of esters is 1. The summed E-state index contributed by atoms with van der Waals surface area (Å²) in [5, 5.41) is 30.6. The molecule has 11 heteroatoms. The number of aryl methyl sites for hydroxylation is 1. The third-order valence-corrected chi connectivity index (χ3v) is 9.60. The van der Waals surface area contributed by atoms with Crippen LogP contribution in [0, 0.1) is 23.7 Å². The van der Waals surface area contributed by atoms with E-state index in [4.69, 9.17) is 23.7 Å². The number of fused-ring (bicyclic) bond motifs is 3. The van der Waals surface area contributed by atoms with E-state index in [9.17, 15) is 20.1 Å². The summed E-state index contributed by atoms with van der Waals surface area (Å²) in [6.45, 7) is 8.23. The second kappa shape index (κ2) is 13.0. The molecule has 1 fully saturated rings. The standard InChI is InChI=1S/C33H46N2O9/c1-19(2)23-9-7-20(3)24-14-27(43-28(37)10-8-22-15-35(5)18-34-22)32(4)11-12-33(40-6,44-32)21(13-25(23)24)16-41-31-30(39)29(38)26(36)17-42-31/h7-8,10-13,15,18-19,23-27,29-31,36,38-39H,9,14,16-17H2,1-6H3/b10-8+,21-13-/t23-,24+,25-,26-,27+,29-,30+,31-,32+,33-/m1/s1. The second-order valence-corrected chi connectivity index (χ2v) is 13.0. The number of carbonyl (C=O) groups excluding carboxylic acids is 1. The first-order chi connectivity index (χ1) is 20.9. The highest BCUT2D eigenvalue weighted by Gasteiger charge is 2.53. The monoisotopic (exact) mass is 614 g/mol. The zero-order valence-corrected chi connectivity index (χ0v) is 26.3. The number of aliphatic hydroxyl groups excluding tert-OH is 3. The maximum atomic E-state index is 13.2. The number of allylic oxidation sites excluding steroid dienone is 3. The van der Waals surface area contributed by atoms with E-state index < -0.39 is 48.1 Å². The van der Waals surface area contributed by atoms with Gasteiger partial charge in [-0.1, -0.05) is 31.6 Å². The zero-order valence-electron chi connectivity index (χ0n) is 26.3. The fourth-order valence-corrected chi connectivity index (χ4v) is 6.86. The van der Waals surface area contributed by atoms with E-state index in [1.165, 1.54) is 11.6 Å². The highest BCUT2D eigenvalue weighted by molar-refractivity contribution is 5.86. The van der Waals surface area contributed by atoms with Gasteiger partial charge in [0.2, 0.25) is 5.79 Å². The molecule has 4 aliphatic rings. The molecule has 0 saturated carbocycles. The van der Waals surface area contributed by atoms with Crippen LogP contribution in [-0.4, -0.2) is 93.3 Å². The summed E-state index contributed by atoms with van der Waals surface area (Å²) < 4.78 is 32.4. The average molecular weight is 615 g/mol. The van der Waals surface area contributed by atoms with E-state index >= 15 is 0 Å². The Kier molecular flexibility index (Phi) is 9.67. The topological polar surface area (TPSA) is 142 Å². The first-order valence-electron chi connectivity index (χ1n) is 15.3. The molecule has 11 nitrogen and oxygen atoms in total. The molecule has 4 heterocycles. The Hall–Kier alpha value is -2.64. The van der Waals surface area contributed by atoms with Crippen molar-refractivity contribution in [2.24, 2.45) is 30.7 Å². The number of carbonyl (C=O) groups is 1. The number of imidazole rings is 1. The average Bonchev–Trinajstić information content (AvgIpc) is 3.58. The molecule has 10 atom stereocenters. The van der Waals surface area contributed by atoms with E-state index in [1.807, 2.05) is 32.3 Å². The Bertz CT molecular complexity index is 1320. The van der Waals surface area contributed by atoms with Crippen molar-refractivity contribution in [3.63, 3.8) is 0 Å². The van der Waals surface area contributed by atoms with Gasteiger partial charge in [0, 0.05) is 32.0 Å². The zero-order chi connectivity index (χ0) is 31.8. The summed E-state index contributed by atoms with van der Waals surface area (Å²) in [6.07, 6.45) is 10.2. The highest BCUT2D eigenvalue weighted by atomic mass is 16.7. The molecule has 0 unspecified atom stereocenters. The van der Waals surface area contributed by atoms with Crippen molar-refractivity contribution < 1.29 is 43.8 Å². The predicted molar refractivity (Wildman–Crippen MR) is 161 cm³/mol. The third-order valence-electron chi connectivity index (χ3n) is 9.60. The van der Waals surface area contributed by atoms with Crippen LogP contribution in [0.1, 0.15) is 46.2 Å². The third kappa shape index (κ3) is 6.50. The number of hydrogen-bond acceptors (Lipinski definition) is 10. The summed E-state index contributed by atoms with van der Waals surface area (Å²) in [5.74, 6) is -1.11. The van der Waals surface area contributed by atoms with Crippen LogP contribution < -0.4 is 0 Å². The number of rotatable bonds is 8. The van der Waals surface area contributed by atoms with Crippen molar-refractivity contribution in [2.45, 2.75) is 82.6 Å². The van der Waals surface area contributed by atoms with Crippen LogP contribution in [0.15, 0.2) is 54.1 Å². The van der Waals surface area contributed by atoms with Gasteiger partial charge in [-0.15, -0.1) is 0 Å². The molecular weight excluding hydrogens is 568 g/mol. The van der Waals surface area contributed by atoms with Gasteiger partial charge in [0.05, 0.1) is 25.2 Å². The number of methoxy groups -OCH3 is 1. The normalized spacial score (nSPS) is 40.1. The second-order valence-electron chi connectivity index (χ2n) is 13.0. The number of aliphatic hydroxyl groups is 3. The van der Waals surface area contributed by atoms with Crippen LogP contribution in [0.5, 0.6) is 0 Å². The van der Waals surface area contributed by atoms with Crippen LogP contribution in [0.3, 0.4) is 0 Å². The molecule has 5 rings (SSSR count). The highest BCUT2D eigenvalue weighted by Crippen LogP contribution is 2.49. The summed E-state index contributed by atoms with van der Waals surface area (Å²) in [6, 6.07) is 0. The smallest absolute Gasteiger partial charge is 0.331 e. The molecule has 3 N–H and O–H groups in total. The molecule has 1 saturated heterocycles. The van der Waals surface area contributed by atoms with Crippen molar-refractivity contribution in [2.75, 3.05) is 20.3 Å². The van der Waals surface area contributed by atoms with Crippen LogP contribution in [0.25, 0.3) is 6.08 Å². The van der Waals surface area contributed by atoms with Gasteiger partial charge in [-0.05, 0) is 68.6 Å². The van der Waals surface area contributed by atoms with Gasteiger partial charge in [0.15, 0.2) is 6.29 Å². The molecule has 1 aliphatic carbocycles. The van der Waals surface area contributed by atoms with Gasteiger partial charge in [-0.3, -0.25) is 0 Å². The van der Waals surface area contributed by atoms with Crippen LogP contribution >= 0.6 is 0 Å². The fraction of sp³-hybridized carbons (Fsp3) is 0.636. The Balaban J connectivity index is 1.48. The van der Waals surface area contributed by atoms with Gasteiger partial charge in [-0.25, -0.2) is 9.78 Å². The molecule has 1 aromatic rings. The van der Waals surface area contributed by atoms with Gasteiger partial charge >= 0.3 is 5.97 Å². The van der Waals surface area contributed by atoms with Crippen molar-refractivity contribution in [3.05, 3.63) is 59.7 Å². The first kappa shape index (κ1) is 32.7. The van der Waals surface area contributed by atoms with Crippen molar-refractivity contribution in [1.29, 1.82) is 0 Å². The van der Waals surface area contributed by atoms with E-state index in [-0.39, 0.29) is 31.0 Å². The lowest BCUT2D eigenvalue weighted by Gasteiger charge is -2.41. The number of hydrogen-bond donors (Lipinski definition) is 3. The molecule has 3 aliphatic heterocycles. The largest absolute Gasteiger partial charge is 0.456 e. The molecule has 0 amide bonds. The molecular formula is C33H46N2O9. The number of nitrogens with zero attached hydrogens (tertiary/aromatic N) is 2. The molecule has 242 valence electrons. The lowest BCUT2D eigenvalue weighted by molar-refractivity contribution is -0.272. The van der Waals surface area contributed by atoms with E-state index in [0.29, 0.717) is 23.6 Å². The number of ether oxygens (including phenoxy) is 5. The minimum absolute atomic E-state index is 0.0349. The Morgan fingerprint density at radius 3 is 2.70 bits per heavy atom. The van der Waals surface area contributed by atoms with Crippen LogP contribution in [0.2, 0.25) is 0 Å². The van der Waals surface area contributed by atoms with Crippen molar-refractivity contribution >= 4 is 12.0 Å². The fourth-order valence-electron chi connectivity index (χ4n) is 6.86. The first-order valence-corrected chi connectivity index (χ1v) is 15.3. The quantitative estimate of drug-likeness (QED) is 0.227. The number of aromatic nitrogens is 2. The SMILES string of the molecule is CO[C@]12C=C[C@](C)(O1)[C@@H](OC(=O)/C=C/c1cn(C)cn1)C[C@H]1C(C)=CC[C@H](C(C)C)[C@H]1/C=C\2CO[C@@H]1OC[C@@H](O)[C@@H](O)[C@@H]1O. The van der Waals surface area contributed by atoms with Gasteiger partial charge in [0.1, 0.15) is 30.0 Å². The van der Waals surface area contributed by atoms with Crippen LogP contribution in [-0.2, 0) is 35.5 Å².